The fourth-order valence-corrected chi connectivity index (χ4v) is 1.93. The van der Waals surface area contributed by atoms with Gasteiger partial charge in [0.15, 0.2) is 11.5 Å². The summed E-state index contributed by atoms with van der Waals surface area (Å²) in [7, 11) is 0. The minimum atomic E-state index is -0.102. The molecule has 2 aromatic rings. The second kappa shape index (κ2) is 5.26. The SMILES string of the molecule is CCOc1cc(C)c(-c2cc(C(C)=O)no2)cc1C. The average Bonchev–Trinajstić information content (AvgIpc) is 2.83. The summed E-state index contributed by atoms with van der Waals surface area (Å²) in [6, 6.07) is 5.64. The zero-order valence-electron chi connectivity index (χ0n) is 11.6. The molecule has 4 heteroatoms. The molecule has 4 nitrogen and oxygen atoms in total. The molecule has 1 aromatic heterocycles. The van der Waals surface area contributed by atoms with E-state index in [0.29, 0.717) is 18.1 Å². The summed E-state index contributed by atoms with van der Waals surface area (Å²) in [6.07, 6.45) is 0. The van der Waals surface area contributed by atoms with Crippen molar-refractivity contribution >= 4 is 5.78 Å². The molecular weight excluding hydrogens is 242 g/mol. The molecule has 0 spiro atoms. The largest absolute Gasteiger partial charge is 0.494 e. The molecule has 0 aliphatic carbocycles. The Labute approximate surface area is 112 Å². The molecule has 0 amide bonds. The molecule has 1 heterocycles. The van der Waals surface area contributed by atoms with Crippen LogP contribution in [0.1, 0.15) is 35.5 Å². The van der Waals surface area contributed by atoms with Gasteiger partial charge in [-0.2, -0.15) is 0 Å². The van der Waals surface area contributed by atoms with E-state index in [4.69, 9.17) is 9.26 Å². The van der Waals surface area contributed by atoms with Crippen LogP contribution in [0.25, 0.3) is 11.3 Å². The molecule has 19 heavy (non-hydrogen) atoms. The van der Waals surface area contributed by atoms with E-state index in [1.807, 2.05) is 32.9 Å². The Morgan fingerprint density at radius 3 is 2.58 bits per heavy atom. The van der Waals surface area contributed by atoms with Gasteiger partial charge in [-0.1, -0.05) is 5.16 Å². The Morgan fingerprint density at radius 1 is 1.26 bits per heavy atom. The highest BCUT2D eigenvalue weighted by Gasteiger charge is 2.13. The van der Waals surface area contributed by atoms with Crippen LogP contribution in [-0.2, 0) is 0 Å². The van der Waals surface area contributed by atoms with Gasteiger partial charge in [-0.25, -0.2) is 0 Å². The van der Waals surface area contributed by atoms with Crippen molar-refractivity contribution in [3.05, 3.63) is 35.0 Å². The molecule has 0 bridgehead atoms. The fraction of sp³-hybridized carbons (Fsp3) is 0.333. The van der Waals surface area contributed by atoms with E-state index in [9.17, 15) is 4.79 Å². The molecule has 0 aliphatic heterocycles. The first-order chi connectivity index (χ1) is 9.02. The molecule has 2 rings (SSSR count). The molecule has 0 atom stereocenters. The number of carbonyl (C=O) groups excluding carboxylic acids is 1. The number of aromatic nitrogens is 1. The first-order valence-electron chi connectivity index (χ1n) is 6.25. The van der Waals surface area contributed by atoms with E-state index in [1.165, 1.54) is 6.92 Å². The van der Waals surface area contributed by atoms with E-state index in [-0.39, 0.29) is 5.78 Å². The maximum Gasteiger partial charge on any atom is 0.181 e. The van der Waals surface area contributed by atoms with E-state index in [1.54, 1.807) is 6.07 Å². The lowest BCUT2D eigenvalue weighted by molar-refractivity contribution is 0.100. The van der Waals surface area contributed by atoms with Crippen molar-refractivity contribution < 1.29 is 14.1 Å². The minimum absolute atomic E-state index is 0.102. The maximum absolute atomic E-state index is 11.2. The topological polar surface area (TPSA) is 52.3 Å². The minimum Gasteiger partial charge on any atom is -0.494 e. The van der Waals surface area contributed by atoms with E-state index in [0.717, 1.165) is 22.4 Å². The summed E-state index contributed by atoms with van der Waals surface area (Å²) in [4.78, 5) is 11.2. The van der Waals surface area contributed by atoms with Gasteiger partial charge in [-0.05, 0) is 44.0 Å². The number of Topliss-reactive ketones (excluding diaryl/α,β-unsaturated/α-hetero) is 1. The Hall–Kier alpha value is -2.10. The molecular formula is C15H17NO3. The molecule has 0 unspecified atom stereocenters. The van der Waals surface area contributed by atoms with Gasteiger partial charge in [0.1, 0.15) is 11.4 Å². The quantitative estimate of drug-likeness (QED) is 0.788. The molecule has 0 fully saturated rings. The third kappa shape index (κ3) is 2.67. The van der Waals surface area contributed by atoms with Crippen molar-refractivity contribution in [2.75, 3.05) is 6.61 Å². The fourth-order valence-electron chi connectivity index (χ4n) is 1.93. The summed E-state index contributed by atoms with van der Waals surface area (Å²) in [6.45, 7) is 8.02. The second-order valence-electron chi connectivity index (χ2n) is 4.50. The molecule has 1 aromatic carbocycles. The van der Waals surface area contributed by atoms with Crippen LogP contribution >= 0.6 is 0 Å². The van der Waals surface area contributed by atoms with Gasteiger partial charge in [0, 0.05) is 18.6 Å². The van der Waals surface area contributed by atoms with E-state index in [2.05, 4.69) is 5.16 Å². The average molecular weight is 259 g/mol. The summed E-state index contributed by atoms with van der Waals surface area (Å²) in [5.41, 5.74) is 3.34. The Morgan fingerprint density at radius 2 is 2.00 bits per heavy atom. The first kappa shape index (κ1) is 13.3. The maximum atomic E-state index is 11.2. The Balaban J connectivity index is 2.44. The molecule has 0 radical (unpaired) electrons. The van der Waals surface area contributed by atoms with Crippen LogP contribution in [0.2, 0.25) is 0 Å². The number of aryl methyl sites for hydroxylation is 2. The molecule has 0 N–H and O–H groups in total. The lowest BCUT2D eigenvalue weighted by Crippen LogP contribution is -1.95. The lowest BCUT2D eigenvalue weighted by atomic mass is 10.0. The molecule has 100 valence electrons. The first-order valence-corrected chi connectivity index (χ1v) is 6.25. The van der Waals surface area contributed by atoms with Crippen LogP contribution in [0.3, 0.4) is 0 Å². The third-order valence-corrected chi connectivity index (χ3v) is 2.96. The van der Waals surface area contributed by atoms with Crippen LogP contribution < -0.4 is 4.74 Å². The van der Waals surface area contributed by atoms with Crippen molar-refractivity contribution in [1.82, 2.24) is 5.16 Å². The van der Waals surface area contributed by atoms with Crippen molar-refractivity contribution in [3.8, 4) is 17.1 Å². The lowest BCUT2D eigenvalue weighted by Gasteiger charge is -2.10. The van der Waals surface area contributed by atoms with E-state index >= 15 is 0 Å². The normalized spacial score (nSPS) is 10.5. The van der Waals surface area contributed by atoms with Crippen molar-refractivity contribution in [2.45, 2.75) is 27.7 Å². The number of nitrogens with zero attached hydrogens (tertiary/aromatic N) is 1. The van der Waals surface area contributed by atoms with Crippen LogP contribution in [0.5, 0.6) is 5.75 Å². The Bertz CT molecular complexity index is 614. The summed E-state index contributed by atoms with van der Waals surface area (Å²) < 4.78 is 10.8. The summed E-state index contributed by atoms with van der Waals surface area (Å²) in [5, 5.41) is 3.77. The third-order valence-electron chi connectivity index (χ3n) is 2.96. The van der Waals surface area contributed by atoms with Crippen LogP contribution in [0.15, 0.2) is 22.7 Å². The zero-order chi connectivity index (χ0) is 14.0. The monoisotopic (exact) mass is 259 g/mol. The van der Waals surface area contributed by atoms with Gasteiger partial charge in [0.05, 0.1) is 6.61 Å². The molecule has 0 saturated heterocycles. The number of hydrogen-bond donors (Lipinski definition) is 0. The molecule has 0 aliphatic rings. The zero-order valence-corrected chi connectivity index (χ0v) is 11.6. The van der Waals surface area contributed by atoms with Gasteiger partial charge >= 0.3 is 0 Å². The van der Waals surface area contributed by atoms with Crippen LogP contribution in [0.4, 0.5) is 0 Å². The summed E-state index contributed by atoms with van der Waals surface area (Å²) in [5.74, 6) is 1.37. The number of carbonyl (C=O) groups is 1. The number of rotatable bonds is 4. The van der Waals surface area contributed by atoms with Gasteiger partial charge in [0.25, 0.3) is 0 Å². The highest BCUT2D eigenvalue weighted by Crippen LogP contribution is 2.30. The van der Waals surface area contributed by atoms with Gasteiger partial charge in [-0.15, -0.1) is 0 Å². The van der Waals surface area contributed by atoms with Crippen LogP contribution in [-0.4, -0.2) is 17.5 Å². The smallest absolute Gasteiger partial charge is 0.181 e. The van der Waals surface area contributed by atoms with Gasteiger partial charge in [-0.3, -0.25) is 4.79 Å². The van der Waals surface area contributed by atoms with Crippen LogP contribution in [0, 0.1) is 13.8 Å². The van der Waals surface area contributed by atoms with Gasteiger partial charge < -0.3 is 9.26 Å². The summed E-state index contributed by atoms with van der Waals surface area (Å²) >= 11 is 0. The van der Waals surface area contributed by atoms with E-state index < -0.39 is 0 Å². The highest BCUT2D eigenvalue weighted by atomic mass is 16.5. The predicted octanol–water partition coefficient (Wildman–Crippen LogP) is 3.56. The van der Waals surface area contributed by atoms with Crippen molar-refractivity contribution in [3.63, 3.8) is 0 Å². The van der Waals surface area contributed by atoms with Crippen molar-refractivity contribution in [1.29, 1.82) is 0 Å². The Kier molecular flexibility index (Phi) is 3.69. The number of hydrogen-bond acceptors (Lipinski definition) is 4. The number of ketones is 1. The standard InChI is InChI=1S/C15H17NO3/c1-5-18-14-7-9(2)12(6-10(14)3)15-8-13(11(4)17)16-19-15/h6-8H,5H2,1-4H3. The van der Waals surface area contributed by atoms with Crippen molar-refractivity contribution in [2.24, 2.45) is 0 Å². The predicted molar refractivity (Wildman–Crippen MR) is 72.6 cm³/mol. The number of ether oxygens (including phenoxy) is 1. The van der Waals surface area contributed by atoms with Gasteiger partial charge in [0.2, 0.25) is 0 Å². The molecule has 0 saturated carbocycles. The number of benzene rings is 1. The second-order valence-corrected chi connectivity index (χ2v) is 4.50. The highest BCUT2D eigenvalue weighted by molar-refractivity contribution is 5.93.